The van der Waals surface area contributed by atoms with E-state index < -0.39 is 0 Å². The Morgan fingerprint density at radius 2 is 1.55 bits per heavy atom. The minimum Gasteiger partial charge on any atom is -0.459 e. The second kappa shape index (κ2) is 10.0. The summed E-state index contributed by atoms with van der Waals surface area (Å²) >= 11 is 0. The van der Waals surface area contributed by atoms with Crippen LogP contribution in [0, 0.1) is 0 Å². The number of nitrogens with zero attached hydrogens (tertiary/aromatic N) is 3. The molecule has 170 valence electrons. The van der Waals surface area contributed by atoms with E-state index in [9.17, 15) is 14.4 Å². The zero-order valence-electron chi connectivity index (χ0n) is 18.4. The number of furan rings is 1. The molecule has 1 aliphatic heterocycles. The van der Waals surface area contributed by atoms with E-state index in [1.807, 2.05) is 42.5 Å². The number of likely N-dealkylation sites (N-methyl/N-ethyl adjacent to an activating group) is 1. The maximum Gasteiger partial charge on any atom is 0.321 e. The van der Waals surface area contributed by atoms with Gasteiger partial charge in [0, 0.05) is 44.6 Å². The van der Waals surface area contributed by atoms with Crippen LogP contribution in [-0.2, 0) is 11.2 Å². The van der Waals surface area contributed by atoms with Crippen molar-refractivity contribution in [2.24, 2.45) is 0 Å². The molecule has 8 heteroatoms. The van der Waals surface area contributed by atoms with E-state index in [1.165, 1.54) is 6.26 Å². The molecule has 3 aromatic rings. The first-order valence-corrected chi connectivity index (χ1v) is 10.8. The van der Waals surface area contributed by atoms with Crippen molar-refractivity contribution in [3.63, 3.8) is 0 Å². The summed E-state index contributed by atoms with van der Waals surface area (Å²) in [5.41, 5.74) is 2.37. The summed E-state index contributed by atoms with van der Waals surface area (Å²) in [7, 11) is 1.76. The Morgan fingerprint density at radius 1 is 0.879 bits per heavy atom. The van der Waals surface area contributed by atoms with Crippen molar-refractivity contribution >= 4 is 29.2 Å². The molecule has 4 rings (SSSR count). The zero-order valence-corrected chi connectivity index (χ0v) is 18.4. The Hall–Kier alpha value is -4.07. The van der Waals surface area contributed by atoms with Crippen LogP contribution >= 0.6 is 0 Å². The van der Waals surface area contributed by atoms with E-state index in [-0.39, 0.29) is 24.3 Å². The van der Waals surface area contributed by atoms with E-state index in [1.54, 1.807) is 46.0 Å². The monoisotopic (exact) mass is 446 g/mol. The van der Waals surface area contributed by atoms with E-state index in [0.29, 0.717) is 37.6 Å². The van der Waals surface area contributed by atoms with E-state index in [4.69, 9.17) is 4.42 Å². The Morgan fingerprint density at radius 3 is 2.18 bits per heavy atom. The van der Waals surface area contributed by atoms with Crippen molar-refractivity contribution in [1.29, 1.82) is 0 Å². The summed E-state index contributed by atoms with van der Waals surface area (Å²) in [4.78, 5) is 42.5. The summed E-state index contributed by atoms with van der Waals surface area (Å²) in [6.45, 7) is 1.78. The molecule has 1 aliphatic rings. The van der Waals surface area contributed by atoms with Gasteiger partial charge in [0.15, 0.2) is 5.76 Å². The lowest BCUT2D eigenvalue weighted by molar-refractivity contribution is -0.117. The van der Waals surface area contributed by atoms with Gasteiger partial charge in [-0.3, -0.25) is 9.59 Å². The molecular weight excluding hydrogens is 420 g/mol. The van der Waals surface area contributed by atoms with Gasteiger partial charge in [-0.25, -0.2) is 4.79 Å². The Kier molecular flexibility index (Phi) is 6.73. The van der Waals surface area contributed by atoms with Gasteiger partial charge in [-0.2, -0.15) is 0 Å². The summed E-state index contributed by atoms with van der Waals surface area (Å²) in [6.07, 6.45) is 1.74. The van der Waals surface area contributed by atoms with E-state index >= 15 is 0 Å². The van der Waals surface area contributed by atoms with Crippen LogP contribution in [0.2, 0.25) is 0 Å². The first kappa shape index (κ1) is 22.1. The topological polar surface area (TPSA) is 86.1 Å². The van der Waals surface area contributed by atoms with Gasteiger partial charge in [0.1, 0.15) is 0 Å². The molecule has 0 spiro atoms. The Bertz CT molecular complexity index is 1090. The second-order valence-corrected chi connectivity index (χ2v) is 7.85. The van der Waals surface area contributed by atoms with Crippen LogP contribution < -0.4 is 10.2 Å². The molecule has 1 saturated heterocycles. The molecule has 2 aromatic carbocycles. The number of rotatable bonds is 5. The molecule has 0 bridgehead atoms. The quantitative estimate of drug-likeness (QED) is 0.650. The van der Waals surface area contributed by atoms with Gasteiger partial charge in [0.25, 0.3) is 5.91 Å². The van der Waals surface area contributed by atoms with Crippen LogP contribution in [0.4, 0.5) is 16.2 Å². The summed E-state index contributed by atoms with van der Waals surface area (Å²) < 4.78 is 5.16. The van der Waals surface area contributed by atoms with Crippen LogP contribution in [0.25, 0.3) is 0 Å². The van der Waals surface area contributed by atoms with Crippen LogP contribution in [-0.4, -0.2) is 60.9 Å². The van der Waals surface area contributed by atoms with Gasteiger partial charge in [0.2, 0.25) is 5.91 Å². The molecule has 8 nitrogen and oxygen atoms in total. The number of anilines is 2. The van der Waals surface area contributed by atoms with Gasteiger partial charge >= 0.3 is 6.03 Å². The summed E-state index contributed by atoms with van der Waals surface area (Å²) in [6, 6.07) is 19.9. The largest absolute Gasteiger partial charge is 0.459 e. The molecule has 0 saturated carbocycles. The number of para-hydroxylation sites is 1. The number of amides is 4. The molecule has 1 fully saturated rings. The zero-order chi connectivity index (χ0) is 23.2. The lowest BCUT2D eigenvalue weighted by Crippen LogP contribution is -2.51. The lowest BCUT2D eigenvalue weighted by atomic mass is 10.1. The van der Waals surface area contributed by atoms with Crippen LogP contribution in [0.3, 0.4) is 0 Å². The third-order valence-electron chi connectivity index (χ3n) is 5.66. The highest BCUT2D eigenvalue weighted by Gasteiger charge is 2.26. The van der Waals surface area contributed by atoms with Crippen LogP contribution in [0.1, 0.15) is 16.1 Å². The molecule has 0 unspecified atom stereocenters. The molecular formula is C25H26N4O4. The first-order chi connectivity index (χ1) is 16.0. The molecule has 4 amide bonds. The number of hydrogen-bond donors (Lipinski definition) is 1. The maximum absolute atomic E-state index is 12.6. The predicted octanol–water partition coefficient (Wildman–Crippen LogP) is 3.48. The third-order valence-corrected chi connectivity index (χ3v) is 5.66. The highest BCUT2D eigenvalue weighted by Crippen LogP contribution is 2.16. The molecule has 1 aromatic heterocycles. The van der Waals surface area contributed by atoms with Crippen molar-refractivity contribution in [3.8, 4) is 0 Å². The SMILES string of the molecule is CN(C(=O)Cc1ccc(NC(=O)N2CCN(C(=O)c3ccco3)CC2)cc1)c1ccccc1. The number of carbonyl (C=O) groups excluding carboxylic acids is 3. The number of piperazine rings is 1. The average Bonchev–Trinajstić information content (AvgIpc) is 3.40. The van der Waals surface area contributed by atoms with Crippen molar-refractivity contribution in [2.75, 3.05) is 43.4 Å². The molecule has 0 aliphatic carbocycles. The average molecular weight is 447 g/mol. The second-order valence-electron chi connectivity index (χ2n) is 7.85. The fraction of sp³-hybridized carbons (Fsp3) is 0.240. The van der Waals surface area contributed by atoms with Gasteiger partial charge in [-0.05, 0) is 42.0 Å². The highest BCUT2D eigenvalue weighted by molar-refractivity contribution is 5.94. The molecule has 1 N–H and O–H groups in total. The normalized spacial score (nSPS) is 13.5. The van der Waals surface area contributed by atoms with E-state index in [2.05, 4.69) is 5.32 Å². The molecule has 0 atom stereocenters. The number of benzene rings is 2. The molecule has 2 heterocycles. The Labute approximate surface area is 192 Å². The van der Waals surface area contributed by atoms with Crippen molar-refractivity contribution in [3.05, 3.63) is 84.3 Å². The van der Waals surface area contributed by atoms with Crippen LogP contribution in [0.5, 0.6) is 0 Å². The highest BCUT2D eigenvalue weighted by atomic mass is 16.3. The number of urea groups is 1. The minimum atomic E-state index is -0.215. The predicted molar refractivity (Wildman–Crippen MR) is 125 cm³/mol. The number of carbonyl (C=O) groups is 3. The van der Waals surface area contributed by atoms with Crippen LogP contribution in [0.15, 0.2) is 77.4 Å². The van der Waals surface area contributed by atoms with Crippen molar-refractivity contribution in [2.45, 2.75) is 6.42 Å². The lowest BCUT2D eigenvalue weighted by Gasteiger charge is -2.34. The van der Waals surface area contributed by atoms with Gasteiger partial charge in [0.05, 0.1) is 12.7 Å². The number of hydrogen-bond acceptors (Lipinski definition) is 4. The van der Waals surface area contributed by atoms with Crippen molar-refractivity contribution < 1.29 is 18.8 Å². The fourth-order valence-electron chi connectivity index (χ4n) is 3.67. The molecule has 33 heavy (non-hydrogen) atoms. The minimum absolute atomic E-state index is 0.0139. The fourth-order valence-corrected chi connectivity index (χ4v) is 3.67. The van der Waals surface area contributed by atoms with Gasteiger partial charge < -0.3 is 24.4 Å². The Balaban J connectivity index is 1.26. The smallest absolute Gasteiger partial charge is 0.321 e. The third kappa shape index (κ3) is 5.41. The maximum atomic E-state index is 12.6. The summed E-state index contributed by atoms with van der Waals surface area (Å²) in [5, 5.41) is 2.88. The summed E-state index contributed by atoms with van der Waals surface area (Å²) in [5.74, 6) is 0.129. The van der Waals surface area contributed by atoms with Gasteiger partial charge in [-0.15, -0.1) is 0 Å². The first-order valence-electron chi connectivity index (χ1n) is 10.8. The van der Waals surface area contributed by atoms with E-state index in [0.717, 1.165) is 11.3 Å². The van der Waals surface area contributed by atoms with Gasteiger partial charge in [-0.1, -0.05) is 30.3 Å². The molecule has 0 radical (unpaired) electrons. The standard InChI is InChI=1S/C25H26N4O4/c1-27(21-6-3-2-4-7-21)23(30)18-19-9-11-20(12-10-19)26-25(32)29-15-13-28(14-16-29)24(31)22-8-5-17-33-22/h2-12,17H,13-16,18H2,1H3,(H,26,32). The van der Waals surface area contributed by atoms with Crippen molar-refractivity contribution in [1.82, 2.24) is 9.80 Å². The number of nitrogens with one attached hydrogen (secondary N) is 1.